The summed E-state index contributed by atoms with van der Waals surface area (Å²) in [5.74, 6) is -0.151. The van der Waals surface area contributed by atoms with E-state index in [1.807, 2.05) is 6.92 Å². The van der Waals surface area contributed by atoms with E-state index in [1.165, 1.54) is 43.3 Å². The first-order valence-corrected chi connectivity index (χ1v) is 10.4. The number of unbranched alkanes of at least 4 members (excludes halogenated alkanes) is 1. The summed E-state index contributed by atoms with van der Waals surface area (Å²) in [6.45, 7) is 5.87. The summed E-state index contributed by atoms with van der Waals surface area (Å²) in [6, 6.07) is 7.00. The van der Waals surface area contributed by atoms with E-state index in [0.717, 1.165) is 37.1 Å². The van der Waals surface area contributed by atoms with Gasteiger partial charge in [-0.1, -0.05) is 12.1 Å². The maximum absolute atomic E-state index is 12.9. The first-order valence-electron chi connectivity index (χ1n) is 9.63. The Morgan fingerprint density at radius 3 is 2.64 bits per heavy atom. The lowest BCUT2D eigenvalue weighted by Gasteiger charge is -2.13. The number of aryl methyl sites for hydroxylation is 1. The highest BCUT2D eigenvalue weighted by Gasteiger charge is 2.30. The largest absolute Gasteiger partial charge is 0.416 e. The van der Waals surface area contributed by atoms with Crippen LogP contribution < -0.4 is 5.32 Å². The van der Waals surface area contributed by atoms with Crippen LogP contribution in [0, 0.1) is 6.92 Å². The van der Waals surface area contributed by atoms with Gasteiger partial charge in [0.25, 0.3) is 5.91 Å². The summed E-state index contributed by atoms with van der Waals surface area (Å²) in [4.78, 5) is 16.1. The quantitative estimate of drug-likeness (QED) is 0.624. The minimum atomic E-state index is -4.38. The predicted molar refractivity (Wildman–Crippen MR) is 107 cm³/mol. The van der Waals surface area contributed by atoms with Crippen molar-refractivity contribution < 1.29 is 18.0 Å². The first-order chi connectivity index (χ1) is 13.3. The van der Waals surface area contributed by atoms with Gasteiger partial charge in [-0.25, -0.2) is 0 Å². The molecule has 152 valence electrons. The second-order valence-electron chi connectivity index (χ2n) is 7.21. The van der Waals surface area contributed by atoms with Crippen molar-refractivity contribution in [2.24, 2.45) is 0 Å². The average molecular weight is 411 g/mol. The van der Waals surface area contributed by atoms with E-state index in [9.17, 15) is 18.0 Å². The molecular weight excluding hydrogens is 385 g/mol. The van der Waals surface area contributed by atoms with Crippen molar-refractivity contribution in [3.05, 3.63) is 46.3 Å². The molecule has 7 heteroatoms. The third-order valence-electron chi connectivity index (χ3n) is 4.98. The van der Waals surface area contributed by atoms with Crippen LogP contribution in [0.5, 0.6) is 0 Å². The summed E-state index contributed by atoms with van der Waals surface area (Å²) in [7, 11) is 0. The third-order valence-corrected chi connectivity index (χ3v) is 6.27. The molecule has 0 radical (unpaired) electrons. The Kier molecular flexibility index (Phi) is 6.78. The van der Waals surface area contributed by atoms with Gasteiger partial charge in [-0.3, -0.25) is 4.79 Å². The average Bonchev–Trinajstić information content (AvgIpc) is 3.30. The summed E-state index contributed by atoms with van der Waals surface area (Å²) in [5.41, 5.74) is 0.583. The molecule has 1 aromatic carbocycles. The Labute approximate surface area is 167 Å². The lowest BCUT2D eigenvalue weighted by molar-refractivity contribution is -0.137. The molecular formula is C21H25F3N2OS. The van der Waals surface area contributed by atoms with E-state index in [2.05, 4.69) is 10.2 Å². The Hall–Kier alpha value is -1.86. The van der Waals surface area contributed by atoms with Gasteiger partial charge >= 0.3 is 6.18 Å². The van der Waals surface area contributed by atoms with Crippen molar-refractivity contribution in [2.45, 2.75) is 38.8 Å². The number of hydrogen-bond acceptors (Lipinski definition) is 3. The van der Waals surface area contributed by atoms with Crippen molar-refractivity contribution in [3.8, 4) is 10.4 Å². The standard InChI is InChI=1S/C21H25F3N2OS/c1-15-13-18(16-7-6-8-17(14-16)21(22,23)24)28-19(15)20(27)25-9-2-3-10-26-11-4-5-12-26/h6-8,13-14H,2-5,9-12H2,1H3,(H,25,27). The smallest absolute Gasteiger partial charge is 0.351 e. The second kappa shape index (κ2) is 9.09. The van der Waals surface area contributed by atoms with E-state index in [4.69, 9.17) is 0 Å². The van der Waals surface area contributed by atoms with Crippen LogP contribution in [-0.4, -0.2) is 37.0 Å². The Morgan fingerprint density at radius 2 is 1.93 bits per heavy atom. The second-order valence-corrected chi connectivity index (χ2v) is 8.27. The van der Waals surface area contributed by atoms with Crippen molar-refractivity contribution in [1.82, 2.24) is 10.2 Å². The molecule has 1 N–H and O–H groups in total. The molecule has 1 aromatic heterocycles. The minimum absolute atomic E-state index is 0.151. The van der Waals surface area contributed by atoms with Crippen LogP contribution in [0.15, 0.2) is 30.3 Å². The number of nitrogens with one attached hydrogen (secondary N) is 1. The van der Waals surface area contributed by atoms with E-state index < -0.39 is 11.7 Å². The van der Waals surface area contributed by atoms with Gasteiger partial charge in [-0.05, 0) is 81.6 Å². The monoisotopic (exact) mass is 410 g/mol. The molecule has 1 amide bonds. The van der Waals surface area contributed by atoms with Gasteiger partial charge in [-0.15, -0.1) is 11.3 Å². The summed E-state index contributed by atoms with van der Waals surface area (Å²) >= 11 is 1.24. The number of nitrogens with zero attached hydrogens (tertiary/aromatic N) is 1. The number of benzene rings is 1. The molecule has 1 aliphatic rings. The molecule has 1 saturated heterocycles. The Bertz CT molecular complexity index is 810. The highest BCUT2D eigenvalue weighted by atomic mass is 32.1. The van der Waals surface area contributed by atoms with Crippen molar-refractivity contribution in [1.29, 1.82) is 0 Å². The molecule has 2 heterocycles. The molecule has 0 atom stereocenters. The highest BCUT2D eigenvalue weighted by Crippen LogP contribution is 2.35. The zero-order valence-corrected chi connectivity index (χ0v) is 16.8. The fraction of sp³-hybridized carbons (Fsp3) is 0.476. The number of rotatable bonds is 7. The van der Waals surface area contributed by atoms with E-state index >= 15 is 0 Å². The molecule has 3 nitrogen and oxygen atoms in total. The van der Waals surface area contributed by atoms with Gasteiger partial charge in [0.2, 0.25) is 0 Å². The van der Waals surface area contributed by atoms with Crippen LogP contribution >= 0.6 is 11.3 Å². The fourth-order valence-corrected chi connectivity index (χ4v) is 4.53. The number of alkyl halides is 3. The lowest BCUT2D eigenvalue weighted by atomic mass is 10.1. The third kappa shape index (κ3) is 5.35. The van der Waals surface area contributed by atoms with Crippen LogP contribution in [0.2, 0.25) is 0 Å². The van der Waals surface area contributed by atoms with Gasteiger partial charge in [0.05, 0.1) is 10.4 Å². The molecule has 0 aliphatic carbocycles. The van der Waals surface area contributed by atoms with E-state index in [1.54, 1.807) is 12.1 Å². The first kappa shape index (κ1) is 20.9. The van der Waals surface area contributed by atoms with Crippen LogP contribution in [0.1, 0.15) is 46.5 Å². The van der Waals surface area contributed by atoms with Crippen LogP contribution in [0.4, 0.5) is 13.2 Å². The number of carbonyl (C=O) groups excluding carboxylic acids is 1. The lowest BCUT2D eigenvalue weighted by Crippen LogP contribution is -2.26. The number of amides is 1. The van der Waals surface area contributed by atoms with E-state index in [0.29, 0.717) is 21.9 Å². The zero-order valence-electron chi connectivity index (χ0n) is 15.9. The predicted octanol–water partition coefficient (Wildman–Crippen LogP) is 5.35. The van der Waals surface area contributed by atoms with Crippen LogP contribution in [0.25, 0.3) is 10.4 Å². The van der Waals surface area contributed by atoms with Gasteiger partial charge in [0.15, 0.2) is 0 Å². The van der Waals surface area contributed by atoms with Gasteiger partial charge in [0, 0.05) is 11.4 Å². The van der Waals surface area contributed by atoms with E-state index in [-0.39, 0.29) is 5.91 Å². The normalized spacial score (nSPS) is 15.1. The molecule has 2 aromatic rings. The maximum Gasteiger partial charge on any atom is 0.416 e. The number of likely N-dealkylation sites (tertiary alicyclic amines) is 1. The van der Waals surface area contributed by atoms with Crippen molar-refractivity contribution >= 4 is 17.2 Å². The number of halogens is 3. The SMILES string of the molecule is Cc1cc(-c2cccc(C(F)(F)F)c2)sc1C(=O)NCCCCN1CCCC1. The summed E-state index contributed by atoms with van der Waals surface area (Å²) in [6.07, 6.45) is 0.162. The zero-order chi connectivity index (χ0) is 20.1. The maximum atomic E-state index is 12.9. The fourth-order valence-electron chi connectivity index (χ4n) is 3.45. The minimum Gasteiger partial charge on any atom is -0.351 e. The molecule has 0 spiro atoms. The van der Waals surface area contributed by atoms with Crippen LogP contribution in [-0.2, 0) is 6.18 Å². The Balaban J connectivity index is 1.56. The number of thiophene rings is 1. The molecule has 0 unspecified atom stereocenters. The number of hydrogen-bond donors (Lipinski definition) is 1. The molecule has 3 rings (SSSR count). The summed E-state index contributed by atoms with van der Waals surface area (Å²) < 4.78 is 38.8. The molecule has 28 heavy (non-hydrogen) atoms. The van der Waals surface area contributed by atoms with Gasteiger partial charge in [-0.2, -0.15) is 13.2 Å². The topological polar surface area (TPSA) is 32.3 Å². The van der Waals surface area contributed by atoms with Crippen molar-refractivity contribution in [2.75, 3.05) is 26.2 Å². The highest BCUT2D eigenvalue weighted by molar-refractivity contribution is 7.17. The number of carbonyl (C=O) groups is 1. The molecule has 1 aliphatic heterocycles. The van der Waals surface area contributed by atoms with Crippen LogP contribution in [0.3, 0.4) is 0 Å². The molecule has 1 fully saturated rings. The molecule has 0 saturated carbocycles. The van der Waals surface area contributed by atoms with Gasteiger partial charge in [0.1, 0.15) is 0 Å². The Morgan fingerprint density at radius 1 is 1.18 bits per heavy atom. The molecule has 0 bridgehead atoms. The van der Waals surface area contributed by atoms with Gasteiger partial charge < -0.3 is 10.2 Å². The van der Waals surface area contributed by atoms with Crippen molar-refractivity contribution in [3.63, 3.8) is 0 Å². The summed E-state index contributed by atoms with van der Waals surface area (Å²) in [5, 5.41) is 2.94.